The van der Waals surface area contributed by atoms with Gasteiger partial charge in [0, 0.05) is 25.9 Å². The van der Waals surface area contributed by atoms with Gasteiger partial charge >= 0.3 is 0 Å². The van der Waals surface area contributed by atoms with E-state index in [1.807, 2.05) is 17.8 Å². The number of nitrogens with zero attached hydrogens (tertiary/aromatic N) is 2. The third-order valence-electron chi connectivity index (χ3n) is 4.16. The van der Waals surface area contributed by atoms with Crippen molar-refractivity contribution in [1.82, 2.24) is 14.9 Å². The van der Waals surface area contributed by atoms with E-state index >= 15 is 0 Å². The zero-order chi connectivity index (χ0) is 16.2. The molecule has 0 saturated carbocycles. The predicted molar refractivity (Wildman–Crippen MR) is 86.1 cm³/mol. The molecular formula is C18H20FN3O. The lowest BCUT2D eigenvalue weighted by atomic mass is 10.0. The van der Waals surface area contributed by atoms with Crippen LogP contribution in [-0.2, 0) is 11.8 Å². The lowest BCUT2D eigenvalue weighted by Gasteiger charge is -2.20. The Morgan fingerprint density at radius 3 is 3.04 bits per heavy atom. The molecule has 1 amide bonds. The predicted octanol–water partition coefficient (Wildman–Crippen LogP) is 3.12. The van der Waals surface area contributed by atoms with Crippen molar-refractivity contribution in [3.63, 3.8) is 0 Å². The minimum absolute atomic E-state index is 0.0428. The number of amides is 1. The van der Waals surface area contributed by atoms with Crippen LogP contribution in [0.1, 0.15) is 36.7 Å². The van der Waals surface area contributed by atoms with Crippen molar-refractivity contribution >= 4 is 5.91 Å². The highest BCUT2D eigenvalue weighted by Gasteiger charge is 2.23. The molecular weight excluding hydrogens is 293 g/mol. The van der Waals surface area contributed by atoms with E-state index in [9.17, 15) is 9.18 Å². The molecule has 1 heterocycles. The Bertz CT molecular complexity index is 723. The van der Waals surface area contributed by atoms with E-state index in [-0.39, 0.29) is 11.7 Å². The summed E-state index contributed by atoms with van der Waals surface area (Å²) in [7, 11) is 1.86. The number of rotatable bonds is 5. The third-order valence-corrected chi connectivity index (χ3v) is 4.16. The molecule has 0 radical (unpaired) electrons. The summed E-state index contributed by atoms with van der Waals surface area (Å²) < 4.78 is 15.4. The Morgan fingerprint density at radius 2 is 2.39 bits per heavy atom. The number of imidazole rings is 1. The molecule has 2 unspecified atom stereocenters. The fourth-order valence-electron chi connectivity index (χ4n) is 2.96. The van der Waals surface area contributed by atoms with Gasteiger partial charge in [-0.3, -0.25) is 4.79 Å². The smallest absolute Gasteiger partial charge is 0.221 e. The summed E-state index contributed by atoms with van der Waals surface area (Å²) in [4.78, 5) is 16.7. The van der Waals surface area contributed by atoms with Crippen molar-refractivity contribution in [3.8, 4) is 0 Å². The largest absolute Gasteiger partial charge is 0.342 e. The van der Waals surface area contributed by atoms with Crippen LogP contribution in [-0.4, -0.2) is 15.5 Å². The first kappa shape index (κ1) is 15.5. The number of allylic oxidation sites excluding steroid dienone is 2. The molecule has 23 heavy (non-hydrogen) atoms. The van der Waals surface area contributed by atoms with E-state index in [0.29, 0.717) is 23.7 Å². The van der Waals surface area contributed by atoms with Gasteiger partial charge in [-0.25, -0.2) is 9.37 Å². The van der Waals surface area contributed by atoms with Crippen LogP contribution >= 0.6 is 0 Å². The zero-order valence-corrected chi connectivity index (χ0v) is 13.1. The molecule has 4 nitrogen and oxygen atoms in total. The van der Waals surface area contributed by atoms with Gasteiger partial charge in [0.25, 0.3) is 0 Å². The van der Waals surface area contributed by atoms with Gasteiger partial charge in [0.15, 0.2) is 0 Å². The highest BCUT2D eigenvalue weighted by Crippen LogP contribution is 2.24. The van der Waals surface area contributed by atoms with Crippen LogP contribution in [0.3, 0.4) is 0 Å². The van der Waals surface area contributed by atoms with Gasteiger partial charge in [0.2, 0.25) is 5.91 Å². The SMILES string of the molecule is Cn1ccnc1C(NC(=O)CC1C=CCC1)c1cccc(F)c1. The van der Waals surface area contributed by atoms with E-state index in [2.05, 4.69) is 22.5 Å². The molecule has 0 aliphatic heterocycles. The van der Waals surface area contributed by atoms with E-state index in [4.69, 9.17) is 0 Å². The first-order valence-electron chi connectivity index (χ1n) is 7.82. The number of halogens is 1. The van der Waals surface area contributed by atoms with Crippen molar-refractivity contribution in [2.75, 3.05) is 0 Å². The molecule has 3 rings (SSSR count). The molecule has 5 heteroatoms. The maximum Gasteiger partial charge on any atom is 0.221 e. The Labute approximate surface area is 135 Å². The lowest BCUT2D eigenvalue weighted by Crippen LogP contribution is -2.32. The van der Waals surface area contributed by atoms with Gasteiger partial charge in [-0.15, -0.1) is 0 Å². The molecule has 0 fully saturated rings. The highest BCUT2D eigenvalue weighted by molar-refractivity contribution is 5.77. The molecule has 1 aromatic heterocycles. The van der Waals surface area contributed by atoms with Gasteiger partial charge in [0.05, 0.1) is 0 Å². The van der Waals surface area contributed by atoms with Crippen molar-refractivity contribution < 1.29 is 9.18 Å². The first-order valence-corrected chi connectivity index (χ1v) is 7.82. The summed E-state index contributed by atoms with van der Waals surface area (Å²) >= 11 is 0. The summed E-state index contributed by atoms with van der Waals surface area (Å²) in [6.07, 6.45) is 10.2. The number of aryl methyl sites for hydroxylation is 1. The van der Waals surface area contributed by atoms with Crippen LogP contribution in [0.15, 0.2) is 48.8 Å². The second-order valence-corrected chi connectivity index (χ2v) is 5.92. The van der Waals surface area contributed by atoms with Crippen molar-refractivity contribution in [2.24, 2.45) is 13.0 Å². The summed E-state index contributed by atoms with van der Waals surface area (Å²) in [5.74, 6) is 0.615. The molecule has 1 N–H and O–H groups in total. The van der Waals surface area contributed by atoms with Crippen molar-refractivity contribution in [3.05, 3.63) is 66.0 Å². The molecule has 1 aromatic carbocycles. The van der Waals surface area contributed by atoms with Crippen LogP contribution in [0.2, 0.25) is 0 Å². The lowest BCUT2D eigenvalue weighted by molar-refractivity contribution is -0.122. The van der Waals surface area contributed by atoms with E-state index in [0.717, 1.165) is 12.8 Å². The van der Waals surface area contributed by atoms with Crippen LogP contribution in [0.4, 0.5) is 4.39 Å². The summed E-state index contributed by atoms with van der Waals surface area (Å²) in [5.41, 5.74) is 0.689. The summed E-state index contributed by atoms with van der Waals surface area (Å²) in [5, 5.41) is 3.01. The highest BCUT2D eigenvalue weighted by atomic mass is 19.1. The number of carbonyl (C=O) groups excluding carboxylic acids is 1. The van der Waals surface area contributed by atoms with Gasteiger partial charge in [-0.2, -0.15) is 0 Å². The Morgan fingerprint density at radius 1 is 1.52 bits per heavy atom. The van der Waals surface area contributed by atoms with Gasteiger partial charge in [-0.05, 0) is 36.5 Å². The Kier molecular flexibility index (Phi) is 4.55. The molecule has 120 valence electrons. The Hall–Kier alpha value is -2.43. The zero-order valence-electron chi connectivity index (χ0n) is 13.1. The quantitative estimate of drug-likeness (QED) is 0.862. The molecule has 0 spiro atoms. The Balaban J connectivity index is 1.82. The van der Waals surface area contributed by atoms with Gasteiger partial charge in [0.1, 0.15) is 17.7 Å². The monoisotopic (exact) mass is 313 g/mol. The van der Waals surface area contributed by atoms with E-state index < -0.39 is 6.04 Å². The average Bonchev–Trinajstić information content (AvgIpc) is 3.16. The second-order valence-electron chi connectivity index (χ2n) is 5.92. The van der Waals surface area contributed by atoms with Crippen molar-refractivity contribution in [2.45, 2.75) is 25.3 Å². The molecule has 2 atom stereocenters. The summed E-state index contributed by atoms with van der Waals surface area (Å²) in [6, 6.07) is 5.83. The van der Waals surface area contributed by atoms with Crippen LogP contribution in [0.5, 0.6) is 0 Å². The van der Waals surface area contributed by atoms with Gasteiger partial charge < -0.3 is 9.88 Å². The summed E-state index contributed by atoms with van der Waals surface area (Å²) in [6.45, 7) is 0. The number of hydrogen-bond donors (Lipinski definition) is 1. The maximum atomic E-state index is 13.6. The first-order chi connectivity index (χ1) is 11.1. The topological polar surface area (TPSA) is 46.9 Å². The van der Waals surface area contributed by atoms with Crippen LogP contribution < -0.4 is 5.32 Å². The van der Waals surface area contributed by atoms with E-state index in [1.54, 1.807) is 18.3 Å². The third kappa shape index (κ3) is 3.67. The van der Waals surface area contributed by atoms with Crippen LogP contribution in [0, 0.1) is 11.7 Å². The average molecular weight is 313 g/mol. The minimum Gasteiger partial charge on any atom is -0.342 e. The normalized spacial score (nSPS) is 18.1. The molecule has 1 aliphatic carbocycles. The second kappa shape index (κ2) is 6.77. The van der Waals surface area contributed by atoms with Crippen molar-refractivity contribution in [1.29, 1.82) is 0 Å². The number of hydrogen-bond acceptors (Lipinski definition) is 2. The molecule has 0 saturated heterocycles. The number of carbonyl (C=O) groups is 1. The molecule has 1 aliphatic rings. The maximum absolute atomic E-state index is 13.6. The van der Waals surface area contributed by atoms with E-state index in [1.165, 1.54) is 12.1 Å². The number of nitrogens with one attached hydrogen (secondary N) is 1. The fourth-order valence-corrected chi connectivity index (χ4v) is 2.96. The standard InChI is InChI=1S/C18H20FN3O/c1-22-10-9-20-18(22)17(14-7-4-8-15(19)12-14)21-16(23)11-13-5-2-3-6-13/h2,4-5,7-10,12-13,17H,3,6,11H2,1H3,(H,21,23). The minimum atomic E-state index is -0.455. The number of benzene rings is 1. The van der Waals surface area contributed by atoms with Crippen LogP contribution in [0.25, 0.3) is 0 Å². The van der Waals surface area contributed by atoms with Gasteiger partial charge in [-0.1, -0.05) is 24.3 Å². The molecule has 0 bridgehead atoms. The number of aromatic nitrogens is 2. The fraction of sp³-hybridized carbons (Fsp3) is 0.333. The molecule has 2 aromatic rings.